The summed E-state index contributed by atoms with van der Waals surface area (Å²) in [5.74, 6) is 3.14. The molecule has 1 fully saturated rings. The van der Waals surface area contributed by atoms with Crippen LogP contribution in [0.1, 0.15) is 53.6 Å². The average molecular weight is 452 g/mol. The Morgan fingerprint density at radius 2 is 1.70 bits per heavy atom. The highest BCUT2D eigenvalue weighted by atomic mass is 16.5. The Kier molecular flexibility index (Phi) is 5.89. The van der Waals surface area contributed by atoms with Gasteiger partial charge in [-0.3, -0.25) is 9.69 Å². The van der Waals surface area contributed by atoms with E-state index >= 15 is 0 Å². The first-order valence-electron chi connectivity index (χ1n) is 11.4. The van der Waals surface area contributed by atoms with Crippen LogP contribution in [0.25, 0.3) is 6.08 Å². The Labute approximate surface area is 193 Å². The molecular weight excluding hydrogens is 422 g/mol. The number of methoxy groups -OCH3 is 3. The van der Waals surface area contributed by atoms with Crippen LogP contribution in [-0.4, -0.2) is 44.8 Å². The zero-order chi connectivity index (χ0) is 22.9. The van der Waals surface area contributed by atoms with E-state index in [1.807, 2.05) is 6.07 Å². The molecule has 174 valence electrons. The second-order valence-electron chi connectivity index (χ2n) is 8.62. The molecule has 3 aliphatic rings. The summed E-state index contributed by atoms with van der Waals surface area (Å²) < 4.78 is 28.5. The lowest BCUT2D eigenvalue weighted by Crippen LogP contribution is -2.41. The molecule has 1 saturated carbocycles. The highest BCUT2D eigenvalue weighted by Crippen LogP contribution is 2.44. The molecule has 0 aromatic heterocycles. The number of fused-ring (bicyclic) bond motifs is 3. The Morgan fingerprint density at radius 3 is 2.42 bits per heavy atom. The SMILES string of the molecule is COc1cc(OC)c(OC)cc1/C=C1/Oc2c(ccc3c2CN(C2CCCCC2)CO3)C1=O. The van der Waals surface area contributed by atoms with Crippen LogP contribution in [0, 0.1) is 0 Å². The van der Waals surface area contributed by atoms with Gasteiger partial charge in [0.2, 0.25) is 5.78 Å². The number of carbonyl (C=O) groups is 1. The van der Waals surface area contributed by atoms with E-state index in [4.69, 9.17) is 23.7 Å². The Bertz CT molecular complexity index is 1100. The van der Waals surface area contributed by atoms with Crippen LogP contribution in [0.2, 0.25) is 0 Å². The topological polar surface area (TPSA) is 66.5 Å². The van der Waals surface area contributed by atoms with Crippen LogP contribution in [-0.2, 0) is 6.54 Å². The van der Waals surface area contributed by atoms with Crippen molar-refractivity contribution in [3.63, 3.8) is 0 Å². The second kappa shape index (κ2) is 8.98. The fourth-order valence-electron chi connectivity index (χ4n) is 4.96. The largest absolute Gasteiger partial charge is 0.496 e. The molecule has 2 aliphatic heterocycles. The summed E-state index contributed by atoms with van der Waals surface area (Å²) in [4.78, 5) is 15.6. The minimum atomic E-state index is -0.153. The quantitative estimate of drug-likeness (QED) is 0.604. The summed E-state index contributed by atoms with van der Waals surface area (Å²) in [6.07, 6.45) is 7.90. The summed E-state index contributed by atoms with van der Waals surface area (Å²) in [7, 11) is 4.71. The van der Waals surface area contributed by atoms with Gasteiger partial charge in [-0.2, -0.15) is 0 Å². The van der Waals surface area contributed by atoms with Crippen LogP contribution in [0.4, 0.5) is 0 Å². The number of Topliss-reactive ketones (excluding diaryl/α,β-unsaturated/α-hetero) is 1. The van der Waals surface area contributed by atoms with Gasteiger partial charge < -0.3 is 23.7 Å². The average Bonchev–Trinajstić information content (AvgIpc) is 3.19. The van der Waals surface area contributed by atoms with E-state index in [1.165, 1.54) is 32.1 Å². The zero-order valence-corrected chi connectivity index (χ0v) is 19.3. The van der Waals surface area contributed by atoms with Crippen molar-refractivity contribution >= 4 is 11.9 Å². The Hall–Kier alpha value is -3.19. The molecule has 2 aromatic carbocycles. The van der Waals surface area contributed by atoms with Gasteiger partial charge in [-0.15, -0.1) is 0 Å². The van der Waals surface area contributed by atoms with E-state index in [-0.39, 0.29) is 11.5 Å². The van der Waals surface area contributed by atoms with Crippen molar-refractivity contribution in [2.45, 2.75) is 44.7 Å². The lowest BCUT2D eigenvalue weighted by molar-refractivity contribution is 0.0394. The summed E-state index contributed by atoms with van der Waals surface area (Å²) in [6, 6.07) is 7.70. The number of benzene rings is 2. The first-order valence-corrected chi connectivity index (χ1v) is 11.4. The third-order valence-electron chi connectivity index (χ3n) is 6.76. The van der Waals surface area contributed by atoms with Gasteiger partial charge in [-0.25, -0.2) is 0 Å². The van der Waals surface area contributed by atoms with E-state index in [1.54, 1.807) is 45.6 Å². The van der Waals surface area contributed by atoms with Crippen molar-refractivity contribution in [2.24, 2.45) is 0 Å². The minimum absolute atomic E-state index is 0.153. The van der Waals surface area contributed by atoms with E-state index in [0.29, 0.717) is 46.9 Å². The van der Waals surface area contributed by atoms with Gasteiger partial charge >= 0.3 is 0 Å². The predicted molar refractivity (Wildman–Crippen MR) is 123 cm³/mol. The molecule has 0 bridgehead atoms. The van der Waals surface area contributed by atoms with Gasteiger partial charge in [0.1, 0.15) is 24.0 Å². The molecule has 1 aliphatic carbocycles. The van der Waals surface area contributed by atoms with Crippen molar-refractivity contribution < 1.29 is 28.5 Å². The first kappa shape index (κ1) is 21.6. The number of ketones is 1. The smallest absolute Gasteiger partial charge is 0.231 e. The highest BCUT2D eigenvalue weighted by Gasteiger charge is 2.35. The summed E-state index contributed by atoms with van der Waals surface area (Å²) in [5, 5.41) is 0. The molecular formula is C26H29NO6. The monoisotopic (exact) mass is 451 g/mol. The molecule has 5 rings (SSSR count). The van der Waals surface area contributed by atoms with Crippen LogP contribution < -0.4 is 23.7 Å². The van der Waals surface area contributed by atoms with Crippen LogP contribution >= 0.6 is 0 Å². The fraction of sp³-hybridized carbons (Fsp3) is 0.423. The van der Waals surface area contributed by atoms with Crippen molar-refractivity contribution in [1.29, 1.82) is 0 Å². The highest BCUT2D eigenvalue weighted by molar-refractivity contribution is 6.15. The van der Waals surface area contributed by atoms with Gasteiger partial charge in [0.05, 0.1) is 32.5 Å². The van der Waals surface area contributed by atoms with Gasteiger partial charge in [0.25, 0.3) is 0 Å². The summed E-state index contributed by atoms with van der Waals surface area (Å²) >= 11 is 0. The summed E-state index contributed by atoms with van der Waals surface area (Å²) in [5.41, 5.74) is 2.18. The number of hydrogen-bond donors (Lipinski definition) is 0. The molecule has 0 amide bonds. The fourth-order valence-corrected chi connectivity index (χ4v) is 4.96. The van der Waals surface area contributed by atoms with E-state index < -0.39 is 0 Å². The van der Waals surface area contributed by atoms with Crippen molar-refractivity contribution in [3.8, 4) is 28.7 Å². The Morgan fingerprint density at radius 1 is 0.970 bits per heavy atom. The van der Waals surface area contributed by atoms with Gasteiger partial charge in [-0.05, 0) is 37.1 Å². The zero-order valence-electron chi connectivity index (χ0n) is 19.3. The maximum absolute atomic E-state index is 13.2. The minimum Gasteiger partial charge on any atom is -0.496 e. The normalized spacial score (nSPS) is 19.5. The van der Waals surface area contributed by atoms with Crippen molar-refractivity contribution in [2.75, 3.05) is 28.1 Å². The predicted octanol–water partition coefficient (Wildman–Crippen LogP) is 4.81. The molecule has 0 spiro atoms. The van der Waals surface area contributed by atoms with E-state index in [9.17, 15) is 4.79 Å². The molecule has 7 heteroatoms. The molecule has 0 atom stereocenters. The lowest BCUT2D eigenvalue weighted by Gasteiger charge is -2.37. The third-order valence-corrected chi connectivity index (χ3v) is 6.76. The lowest BCUT2D eigenvalue weighted by atomic mass is 9.93. The van der Waals surface area contributed by atoms with Gasteiger partial charge in [-0.1, -0.05) is 19.3 Å². The molecule has 0 unspecified atom stereocenters. The third kappa shape index (κ3) is 3.91. The Balaban J connectivity index is 1.47. The molecule has 2 heterocycles. The maximum atomic E-state index is 13.2. The number of rotatable bonds is 5. The molecule has 0 N–H and O–H groups in total. The molecule has 2 aromatic rings. The summed E-state index contributed by atoms with van der Waals surface area (Å²) in [6.45, 7) is 1.30. The number of nitrogens with zero attached hydrogens (tertiary/aromatic N) is 1. The second-order valence-corrected chi connectivity index (χ2v) is 8.62. The molecule has 0 saturated heterocycles. The number of hydrogen-bond acceptors (Lipinski definition) is 7. The number of carbonyl (C=O) groups excluding carboxylic acids is 1. The van der Waals surface area contributed by atoms with Crippen molar-refractivity contribution in [1.82, 2.24) is 4.90 Å². The number of ether oxygens (including phenoxy) is 5. The standard InChI is InChI=1S/C26H29NO6/c1-29-21-13-23(31-3)22(30-2)11-16(21)12-24-25(28)18-9-10-20-19(26(18)33-24)14-27(15-32-20)17-7-5-4-6-8-17/h9-13,17H,4-8,14-15H2,1-3H3/b24-12+. The van der Waals surface area contributed by atoms with Gasteiger partial charge in [0, 0.05) is 24.2 Å². The first-order chi connectivity index (χ1) is 16.1. The van der Waals surface area contributed by atoms with E-state index in [2.05, 4.69) is 4.90 Å². The maximum Gasteiger partial charge on any atom is 0.231 e. The molecule has 33 heavy (non-hydrogen) atoms. The molecule has 7 nitrogen and oxygen atoms in total. The van der Waals surface area contributed by atoms with E-state index in [0.717, 1.165) is 17.9 Å². The van der Waals surface area contributed by atoms with Gasteiger partial charge in [0.15, 0.2) is 17.3 Å². The van der Waals surface area contributed by atoms with Crippen LogP contribution in [0.5, 0.6) is 28.7 Å². The number of allylic oxidation sites excluding steroid dienone is 1. The van der Waals surface area contributed by atoms with Crippen LogP contribution in [0.15, 0.2) is 30.0 Å². The van der Waals surface area contributed by atoms with Crippen LogP contribution in [0.3, 0.4) is 0 Å². The molecule has 0 radical (unpaired) electrons. The van der Waals surface area contributed by atoms with Crippen molar-refractivity contribution in [3.05, 3.63) is 46.7 Å².